The van der Waals surface area contributed by atoms with E-state index in [4.69, 9.17) is 23.8 Å². The number of hydrogen-bond acceptors (Lipinski definition) is 4. The van der Waals surface area contributed by atoms with E-state index in [1.165, 1.54) is 38.8 Å². The van der Waals surface area contributed by atoms with E-state index in [0.29, 0.717) is 5.33 Å². The topological polar surface area (TPSA) is 38.7 Å². The molecule has 0 spiro atoms. The summed E-state index contributed by atoms with van der Waals surface area (Å²) < 4.78 is 7.54. The minimum atomic E-state index is -0.446. The summed E-state index contributed by atoms with van der Waals surface area (Å²) in [5, 5.41) is 8.87. The second kappa shape index (κ2) is 79.9. The summed E-state index contributed by atoms with van der Waals surface area (Å²) >= 11 is 6.05. The van der Waals surface area contributed by atoms with Crippen molar-refractivity contribution < 1.29 is 25.5 Å². The average Bonchev–Trinajstić information content (AvgIpc) is 3.41. The Morgan fingerprint density at radius 3 is 0.736 bits per heavy atom. The van der Waals surface area contributed by atoms with E-state index in [1.54, 1.807) is 0 Å². The van der Waals surface area contributed by atoms with E-state index in [2.05, 4.69) is 258 Å². The van der Waals surface area contributed by atoms with E-state index >= 15 is 0 Å². The number of benzene rings is 6. The minimum Gasteiger partial charge on any atom is -0.0622 e. The quantitative estimate of drug-likeness (QED) is 0.0391. The summed E-state index contributed by atoms with van der Waals surface area (Å²) in [7, 11) is 21.1. The van der Waals surface area contributed by atoms with Crippen LogP contribution in [0.4, 0.5) is 0 Å². The van der Waals surface area contributed by atoms with Crippen LogP contribution in [0, 0.1) is 0 Å². The number of thiol groups is 1. The molecule has 3 nitrogen and oxygen atoms in total. The normalized spacial score (nSPS) is 7.67. The van der Waals surface area contributed by atoms with Gasteiger partial charge in [-0.1, -0.05) is 267 Å². The predicted octanol–water partition coefficient (Wildman–Crippen LogP) is 14.2. The summed E-state index contributed by atoms with van der Waals surface area (Å²) in [5.41, 5.74) is 0. The van der Waals surface area contributed by atoms with Gasteiger partial charge in [-0.25, -0.2) is 0 Å². The zero-order valence-corrected chi connectivity index (χ0v) is 51.3. The number of allylic oxidation sites excluding steroid dienone is 1. The molecule has 0 saturated carbocycles. The monoisotopic (exact) mass is 1210 g/mol. The molecule has 0 aliphatic rings. The Labute approximate surface area is 486 Å². The Hall–Kier alpha value is -2.54. The molecular weight excluding hydrogens is 1130 g/mol. The molecule has 72 heavy (non-hydrogen) atoms. The second-order valence-electron chi connectivity index (χ2n) is 10.8. The second-order valence-corrected chi connectivity index (χ2v) is 18.4. The van der Waals surface area contributed by atoms with Crippen LogP contribution < -0.4 is 31.8 Å². The Kier molecular flexibility index (Phi) is 106. The van der Waals surface area contributed by atoms with Gasteiger partial charge in [0, 0.05) is 49.1 Å². The number of alkyl halides is 1. The number of Topliss-reactive ketones (excluding diaryl/α,β-unsaturated/α-hetero) is 1. The number of rotatable bonds is 9. The van der Waals surface area contributed by atoms with Crippen molar-refractivity contribution >= 4 is 158 Å². The van der Waals surface area contributed by atoms with Gasteiger partial charge < -0.3 is 4.74 Å². The molecule has 17 radical (unpaired) electrons. The van der Waals surface area contributed by atoms with Crippen LogP contribution in [-0.4, -0.2) is 74.5 Å². The van der Waals surface area contributed by atoms with E-state index in [-0.39, 0.29) is 62.8 Å². The first kappa shape index (κ1) is 95.3. The summed E-state index contributed by atoms with van der Waals surface area (Å²) in [6, 6.07) is 64.7. The third kappa shape index (κ3) is 53.7. The molecule has 6 aromatic carbocycles. The first-order valence-corrected chi connectivity index (χ1v) is 29.9. The molecule has 0 atom stereocenters. The van der Waals surface area contributed by atoms with Crippen molar-refractivity contribution in [3.8, 4) is 0 Å². The number of ether oxygens (including phenoxy) is 1. The van der Waals surface area contributed by atoms with Gasteiger partial charge in [-0.3, -0.25) is 4.79 Å². The van der Waals surface area contributed by atoms with Gasteiger partial charge in [0.2, 0.25) is 0 Å². The van der Waals surface area contributed by atoms with E-state index in [1.807, 2.05) is 69.2 Å². The van der Waals surface area contributed by atoms with Gasteiger partial charge in [0.25, 0.3) is 0 Å². The largest absolute Gasteiger partial charge is 0.0622 e. The molecule has 0 fully saturated rings. The van der Waals surface area contributed by atoms with Gasteiger partial charge in [0.1, 0.15) is 5.78 Å². The molecule has 0 unspecified atom stereocenters. The molecule has 17 heteroatoms. The predicted molar refractivity (Wildman–Crippen MR) is 348 cm³/mol. The van der Waals surface area contributed by atoms with Gasteiger partial charge >= 0.3 is 59.8 Å². The van der Waals surface area contributed by atoms with Crippen LogP contribution in [0.5, 0.6) is 0 Å². The minimum absolute atomic E-state index is 0. The Morgan fingerprint density at radius 2 is 0.667 bits per heavy atom. The third-order valence-corrected chi connectivity index (χ3v) is 12.3. The van der Waals surface area contributed by atoms with Crippen LogP contribution >= 0.6 is 63.6 Å². The fourth-order valence-corrected chi connectivity index (χ4v) is 9.21. The van der Waals surface area contributed by atoms with Crippen LogP contribution in [0.2, 0.25) is 0 Å². The molecule has 0 aliphatic heterocycles. The van der Waals surface area contributed by atoms with Crippen molar-refractivity contribution in [2.24, 2.45) is 4.30 Å². The van der Waals surface area contributed by atoms with E-state index in [0.717, 1.165) is 12.4 Å². The van der Waals surface area contributed by atoms with Gasteiger partial charge in [0.05, 0.1) is 17.7 Å². The third-order valence-electron chi connectivity index (χ3n) is 6.67. The maximum Gasteiger partial charge on any atom is -0.0134 e. The molecule has 0 saturated heterocycles. The van der Waals surface area contributed by atoms with Crippen LogP contribution in [0.1, 0.15) is 83.6 Å². The van der Waals surface area contributed by atoms with E-state index < -0.39 is 15.8 Å². The number of carbonyl (C=O) groups excluding carboxylic acids is 1. The Balaban J connectivity index is -0.0000000726. The van der Waals surface area contributed by atoms with Crippen LogP contribution in [0.25, 0.3) is 0 Å². The fourth-order valence-electron chi connectivity index (χ4n) is 4.60. The maximum absolute atomic E-state index is 9.77. The molecule has 6 aromatic rings. The smallest absolute Gasteiger partial charge is 0.0134 e. The Bertz CT molecular complexity index is 1580. The standard InChI is InChI=1S/2C18H15P.C5H10O.C3H5BrO.4C2H6.C2H4.CH4.B2.BHNS.4B.2ClH.Pd/c2*1-4-10-16(11-5-1)19(17-12-6-2-7-13-17)18-14-8-3-9-15-18;1-4-6-5(2)3;1-3(5)2-4;5*1-2;;1-2;1-2-3;;;;;;;/h2*1-15H;2,4H2,1,3H3;2H2,1H3;4*1-2H3;1-2H2;1H4;;3H;;;;;2*1H;/q;;;;;;;;;;;;;;;;;;+2/p-2. The van der Waals surface area contributed by atoms with E-state index in [9.17, 15) is 4.79 Å². The SMILES string of the molecule is C.C=C.C=C(C)OCC.CC.CC.CC.CC.CC(=O)CBr.[B].[B].[B].[B].[B]=NS.[B][B].[Cl][Pd][Cl].c1ccc(P(c2ccccc2)c2ccccc2)cc1.c1ccc(P(c2ccccc2)c2ccccc2)cc1. The Morgan fingerprint density at radius 1 is 0.542 bits per heavy atom. The molecule has 0 heterocycles. The van der Waals surface area contributed by atoms with Crippen molar-refractivity contribution in [2.45, 2.75) is 83.6 Å². The molecule has 6 rings (SSSR count). The number of halogens is 3. The molecule has 0 aliphatic carbocycles. The molecular formula is C55H78B7BrCl2NO2P2PdS. The van der Waals surface area contributed by atoms with Gasteiger partial charge in [-0.2, -0.15) is 0 Å². The molecule has 0 amide bonds. The number of carbonyl (C=O) groups is 1. The molecule has 0 N–H and O–H groups in total. The van der Waals surface area contributed by atoms with Crippen LogP contribution in [0.15, 0.2) is 212 Å². The number of nitrogens with zero attached hydrogens (tertiary/aromatic N) is 1. The number of ketones is 1. The van der Waals surface area contributed by atoms with Gasteiger partial charge in [-0.15, -0.1) is 13.2 Å². The maximum atomic E-state index is 9.77. The zero-order valence-electron chi connectivity index (χ0n) is 44.0. The fraction of sp³-hybridized carbons (Fsp3) is 0.255. The van der Waals surface area contributed by atoms with Crippen LogP contribution in [0.3, 0.4) is 0 Å². The van der Waals surface area contributed by atoms with Crippen molar-refractivity contribution in [1.82, 2.24) is 0 Å². The first-order valence-electron chi connectivity index (χ1n) is 21.7. The summed E-state index contributed by atoms with van der Waals surface area (Å²) in [5.74, 6) is 0.961. The van der Waals surface area contributed by atoms with Crippen LogP contribution in [-0.2, 0) is 25.5 Å². The number of hydrogen-bond donors (Lipinski definition) is 1. The summed E-state index contributed by atoms with van der Waals surface area (Å²) in [6.07, 6.45) is 0. The molecule has 383 valence electrons. The average molecular weight is 1210 g/mol. The van der Waals surface area contributed by atoms with Gasteiger partial charge in [-0.05, 0) is 68.4 Å². The van der Waals surface area contributed by atoms with Crippen molar-refractivity contribution in [3.63, 3.8) is 0 Å². The zero-order chi connectivity index (χ0) is 52.5. The van der Waals surface area contributed by atoms with Crippen molar-refractivity contribution in [3.05, 3.63) is 207 Å². The van der Waals surface area contributed by atoms with Gasteiger partial charge in [0.15, 0.2) is 0 Å². The summed E-state index contributed by atoms with van der Waals surface area (Å²) in [4.78, 5) is 9.77. The molecule has 0 aromatic heterocycles. The summed E-state index contributed by atoms with van der Waals surface area (Å²) in [6.45, 7) is 31.6. The van der Waals surface area contributed by atoms with Crippen molar-refractivity contribution in [2.75, 3.05) is 11.9 Å². The molecule has 0 bridgehead atoms. The van der Waals surface area contributed by atoms with Crippen molar-refractivity contribution in [1.29, 1.82) is 0 Å². The first-order chi connectivity index (χ1) is 32.8.